The zero-order chi connectivity index (χ0) is 19.6. The van der Waals surface area contributed by atoms with E-state index >= 15 is 0 Å². The fraction of sp³-hybridized carbons (Fsp3) is 0.381. The van der Waals surface area contributed by atoms with Crippen molar-refractivity contribution in [1.29, 1.82) is 0 Å². The summed E-state index contributed by atoms with van der Waals surface area (Å²) in [6.45, 7) is 4.74. The molecule has 2 aliphatic rings. The molecule has 6 nitrogen and oxygen atoms in total. The molecular formula is C21H26N3O3+. The number of quaternary nitrogens is 1. The third kappa shape index (κ3) is 3.77. The second kappa shape index (κ2) is 7.58. The molecule has 1 saturated heterocycles. The summed E-state index contributed by atoms with van der Waals surface area (Å²) in [5.41, 5.74) is 1.97. The Morgan fingerprint density at radius 1 is 1.30 bits per heavy atom. The summed E-state index contributed by atoms with van der Waals surface area (Å²) in [4.78, 5) is 16.0. The van der Waals surface area contributed by atoms with Gasteiger partial charge in [0, 0.05) is 30.3 Å². The van der Waals surface area contributed by atoms with E-state index in [1.54, 1.807) is 18.3 Å². The molecule has 3 rings (SSSR count). The van der Waals surface area contributed by atoms with Gasteiger partial charge >= 0.3 is 0 Å². The van der Waals surface area contributed by atoms with Gasteiger partial charge in [0.2, 0.25) is 0 Å². The zero-order valence-corrected chi connectivity index (χ0v) is 15.9. The number of likely N-dealkylation sites (tertiary alicyclic amines) is 1. The molecule has 1 aliphatic heterocycles. The summed E-state index contributed by atoms with van der Waals surface area (Å²) in [6.07, 6.45) is 11.8. The van der Waals surface area contributed by atoms with Gasteiger partial charge in [0.1, 0.15) is 11.7 Å². The van der Waals surface area contributed by atoms with E-state index in [-0.39, 0.29) is 17.6 Å². The number of aliphatic hydroxyl groups is 1. The summed E-state index contributed by atoms with van der Waals surface area (Å²) < 4.78 is 0. The molecule has 0 spiro atoms. The first-order valence-corrected chi connectivity index (χ1v) is 9.14. The number of allylic oxidation sites excluding steroid dienone is 4. The van der Waals surface area contributed by atoms with E-state index in [0.29, 0.717) is 17.5 Å². The lowest BCUT2D eigenvalue weighted by molar-refractivity contribution is -0.851. The van der Waals surface area contributed by atoms with Crippen molar-refractivity contribution in [3.05, 3.63) is 76.0 Å². The minimum atomic E-state index is -0.782. The minimum absolute atomic E-state index is 0.0122. The molecule has 0 amide bonds. The topological polar surface area (TPSA) is 80.2 Å². The van der Waals surface area contributed by atoms with Gasteiger partial charge in [-0.2, -0.15) is 0 Å². The fourth-order valence-corrected chi connectivity index (χ4v) is 4.14. The van der Waals surface area contributed by atoms with Gasteiger partial charge in [-0.15, -0.1) is 0 Å². The van der Waals surface area contributed by atoms with Crippen LogP contribution in [0.15, 0.2) is 65.3 Å². The molecule has 6 heteroatoms. The van der Waals surface area contributed by atoms with Crippen LogP contribution in [0, 0.1) is 21.4 Å². The summed E-state index contributed by atoms with van der Waals surface area (Å²) >= 11 is 0. The van der Waals surface area contributed by atoms with Crippen LogP contribution < -0.4 is 4.90 Å². The van der Waals surface area contributed by atoms with Crippen LogP contribution in [0.3, 0.4) is 0 Å². The predicted octanol–water partition coefficient (Wildman–Crippen LogP) is 2.25. The van der Waals surface area contributed by atoms with Crippen molar-refractivity contribution in [2.24, 2.45) is 16.3 Å². The Hall–Kier alpha value is -2.57. The second-order valence-electron chi connectivity index (χ2n) is 7.69. The number of likely N-dealkylation sites (N-methyl/N-ethyl adjacent to an activating group) is 1. The van der Waals surface area contributed by atoms with Gasteiger partial charge in [-0.05, 0) is 37.6 Å². The number of benzene rings is 1. The molecule has 27 heavy (non-hydrogen) atoms. The third-order valence-corrected chi connectivity index (χ3v) is 5.70. The smallest absolute Gasteiger partial charge is 0.269 e. The normalized spacial score (nSPS) is 28.6. The maximum Gasteiger partial charge on any atom is 0.269 e. The maximum absolute atomic E-state index is 10.7. The van der Waals surface area contributed by atoms with E-state index < -0.39 is 11.0 Å². The molecular weight excluding hydrogens is 342 g/mol. The van der Waals surface area contributed by atoms with Gasteiger partial charge in [0.15, 0.2) is 0 Å². The van der Waals surface area contributed by atoms with Crippen LogP contribution in [0.5, 0.6) is 0 Å². The maximum atomic E-state index is 10.7. The van der Waals surface area contributed by atoms with E-state index in [1.807, 2.05) is 0 Å². The Bertz CT molecular complexity index is 822. The quantitative estimate of drug-likeness (QED) is 0.475. The Labute approximate surface area is 159 Å². The third-order valence-electron chi connectivity index (χ3n) is 5.70. The highest BCUT2D eigenvalue weighted by Crippen LogP contribution is 2.40. The number of aliphatic hydroxyl groups excluding tert-OH is 1. The number of hydrogen-bond donors (Lipinski definition) is 2. The van der Waals surface area contributed by atoms with Crippen molar-refractivity contribution in [2.75, 3.05) is 13.6 Å². The predicted molar refractivity (Wildman–Crippen MR) is 106 cm³/mol. The standard InChI is InChI=1S/C21H25N3O3/c1-21(2)17-6-4-5-7-18(17)23(3)20(21)12-13-22-14-19(25)15-8-10-16(11-9-15)24(26)27/h4-13,17-19,25H,14H2,1-3H3/p+1/b20-12+,22-13?/t17-,18-,19-/m0/s1. The molecule has 142 valence electrons. The molecule has 0 aromatic heterocycles. The van der Waals surface area contributed by atoms with E-state index in [0.717, 1.165) is 0 Å². The molecule has 1 aromatic carbocycles. The number of rotatable bonds is 5. The highest BCUT2D eigenvalue weighted by molar-refractivity contribution is 5.72. The monoisotopic (exact) mass is 368 g/mol. The highest BCUT2D eigenvalue weighted by atomic mass is 16.6. The molecule has 0 bridgehead atoms. The first kappa shape index (κ1) is 19.2. The molecule has 1 unspecified atom stereocenters. The lowest BCUT2D eigenvalue weighted by Crippen LogP contribution is -3.09. The van der Waals surface area contributed by atoms with Crippen molar-refractivity contribution in [3.8, 4) is 0 Å². The van der Waals surface area contributed by atoms with Crippen molar-refractivity contribution in [3.63, 3.8) is 0 Å². The Morgan fingerprint density at radius 2 is 1.96 bits per heavy atom. The van der Waals surface area contributed by atoms with Crippen LogP contribution in [0.1, 0.15) is 25.5 Å². The van der Waals surface area contributed by atoms with Crippen molar-refractivity contribution < 1.29 is 14.9 Å². The summed E-state index contributed by atoms with van der Waals surface area (Å²) in [5.74, 6) is 0.466. The van der Waals surface area contributed by atoms with Crippen LogP contribution in [0.25, 0.3) is 0 Å². The molecule has 0 saturated carbocycles. The number of fused-ring (bicyclic) bond motifs is 1. The molecule has 4 atom stereocenters. The molecule has 1 aliphatic carbocycles. The SMILES string of the molecule is C[NH+]1/C(=C/C=NC[C@H](O)c2ccc([N+](=O)[O-])cc2)C(C)(C)[C@H]2C=CC=C[C@@H]21. The summed E-state index contributed by atoms with van der Waals surface area (Å²) in [6, 6.07) is 6.37. The van der Waals surface area contributed by atoms with Crippen LogP contribution in [-0.2, 0) is 0 Å². The van der Waals surface area contributed by atoms with Crippen molar-refractivity contribution in [1.82, 2.24) is 0 Å². The van der Waals surface area contributed by atoms with Crippen molar-refractivity contribution in [2.45, 2.75) is 26.0 Å². The Balaban J connectivity index is 1.66. The van der Waals surface area contributed by atoms with Crippen LogP contribution >= 0.6 is 0 Å². The number of hydrogen-bond acceptors (Lipinski definition) is 4. The molecule has 1 aromatic rings. The minimum Gasteiger partial charge on any atom is -0.386 e. The first-order valence-electron chi connectivity index (χ1n) is 9.14. The average molecular weight is 368 g/mol. The van der Waals surface area contributed by atoms with Crippen molar-refractivity contribution >= 4 is 11.9 Å². The average Bonchev–Trinajstić information content (AvgIpc) is 2.85. The lowest BCUT2D eigenvalue weighted by Gasteiger charge is -2.23. The largest absolute Gasteiger partial charge is 0.386 e. The van der Waals surface area contributed by atoms with Gasteiger partial charge in [-0.3, -0.25) is 15.1 Å². The second-order valence-corrected chi connectivity index (χ2v) is 7.69. The highest BCUT2D eigenvalue weighted by Gasteiger charge is 2.51. The van der Waals surface area contributed by atoms with Gasteiger partial charge in [0.05, 0.1) is 30.0 Å². The number of aliphatic imine (C=N–C) groups is 1. The lowest BCUT2D eigenvalue weighted by atomic mass is 9.75. The number of non-ortho nitro benzene ring substituents is 1. The molecule has 2 N–H and O–H groups in total. The van der Waals surface area contributed by atoms with Crippen LogP contribution in [0.2, 0.25) is 0 Å². The van der Waals surface area contributed by atoms with E-state index in [9.17, 15) is 15.2 Å². The van der Waals surface area contributed by atoms with Gasteiger partial charge in [-0.25, -0.2) is 0 Å². The summed E-state index contributed by atoms with van der Waals surface area (Å²) in [7, 11) is 2.18. The number of nitrogens with one attached hydrogen (secondary N) is 1. The molecule has 0 radical (unpaired) electrons. The fourth-order valence-electron chi connectivity index (χ4n) is 4.14. The first-order chi connectivity index (χ1) is 12.8. The Morgan fingerprint density at radius 3 is 2.59 bits per heavy atom. The number of nitro benzene ring substituents is 1. The van der Waals surface area contributed by atoms with E-state index in [2.05, 4.69) is 56.3 Å². The zero-order valence-electron chi connectivity index (χ0n) is 15.9. The van der Waals surface area contributed by atoms with E-state index in [4.69, 9.17) is 0 Å². The van der Waals surface area contributed by atoms with Gasteiger partial charge in [-0.1, -0.05) is 18.2 Å². The Kier molecular flexibility index (Phi) is 5.39. The van der Waals surface area contributed by atoms with Gasteiger partial charge < -0.3 is 10.0 Å². The van der Waals surface area contributed by atoms with Gasteiger partial charge in [0.25, 0.3) is 5.69 Å². The molecule has 1 fully saturated rings. The molecule has 1 heterocycles. The van der Waals surface area contributed by atoms with Crippen LogP contribution in [0.4, 0.5) is 5.69 Å². The van der Waals surface area contributed by atoms with E-state index in [1.165, 1.54) is 22.7 Å². The number of nitro groups is 1. The van der Waals surface area contributed by atoms with Crippen LogP contribution in [-0.4, -0.2) is 35.9 Å². The number of nitrogens with zero attached hydrogens (tertiary/aromatic N) is 2. The summed E-state index contributed by atoms with van der Waals surface area (Å²) in [5, 5.41) is 20.9.